The van der Waals surface area contributed by atoms with E-state index in [4.69, 9.17) is 16.7 Å². The fourth-order valence-corrected chi connectivity index (χ4v) is 1.42. The van der Waals surface area contributed by atoms with Crippen molar-refractivity contribution < 1.29 is 19.8 Å². The van der Waals surface area contributed by atoms with Crippen molar-refractivity contribution in [3.8, 4) is 5.75 Å². The van der Waals surface area contributed by atoms with Gasteiger partial charge in [-0.15, -0.1) is 0 Å². The normalized spacial score (nSPS) is 10.0. The zero-order valence-electron chi connectivity index (χ0n) is 9.18. The summed E-state index contributed by atoms with van der Waals surface area (Å²) in [7, 11) is 1.46. The number of carboxylic acids is 1. The Morgan fingerprint density at radius 1 is 1.41 bits per heavy atom. The highest BCUT2D eigenvalue weighted by Crippen LogP contribution is 2.22. The van der Waals surface area contributed by atoms with Gasteiger partial charge in [0, 0.05) is 18.6 Å². The number of halogens is 1. The lowest BCUT2D eigenvalue weighted by atomic mass is 10.1. The first-order chi connectivity index (χ1) is 7.91. The Bertz CT molecular complexity index is 447. The Balaban J connectivity index is 2.81. The van der Waals surface area contributed by atoms with E-state index in [9.17, 15) is 14.7 Å². The lowest BCUT2D eigenvalue weighted by Crippen LogP contribution is -2.29. The van der Waals surface area contributed by atoms with Crippen molar-refractivity contribution in [3.63, 3.8) is 0 Å². The van der Waals surface area contributed by atoms with E-state index in [1.54, 1.807) is 0 Å². The first-order valence-corrected chi connectivity index (χ1v) is 5.25. The molecule has 0 saturated carbocycles. The summed E-state index contributed by atoms with van der Waals surface area (Å²) in [6, 6.07) is 4.13. The molecule has 6 heteroatoms. The van der Waals surface area contributed by atoms with E-state index in [2.05, 4.69) is 0 Å². The molecule has 1 rings (SSSR count). The van der Waals surface area contributed by atoms with E-state index in [1.807, 2.05) is 0 Å². The molecule has 1 amide bonds. The van der Waals surface area contributed by atoms with Gasteiger partial charge in [-0.1, -0.05) is 11.6 Å². The number of nitrogens with zero attached hydrogens (tertiary/aromatic N) is 1. The van der Waals surface area contributed by atoms with Gasteiger partial charge in [0.2, 0.25) is 0 Å². The number of hydrogen-bond acceptors (Lipinski definition) is 3. The van der Waals surface area contributed by atoms with Crippen LogP contribution in [0.5, 0.6) is 5.75 Å². The van der Waals surface area contributed by atoms with Crippen LogP contribution in [0, 0.1) is 0 Å². The molecule has 0 saturated heterocycles. The molecular formula is C11H12ClNO4. The quantitative estimate of drug-likeness (QED) is 0.859. The number of amides is 1. The van der Waals surface area contributed by atoms with Gasteiger partial charge in [0.15, 0.2) is 0 Å². The van der Waals surface area contributed by atoms with E-state index >= 15 is 0 Å². The third-order valence-electron chi connectivity index (χ3n) is 2.20. The molecule has 5 nitrogen and oxygen atoms in total. The minimum Gasteiger partial charge on any atom is -0.507 e. The van der Waals surface area contributed by atoms with Crippen LogP contribution in [0.3, 0.4) is 0 Å². The van der Waals surface area contributed by atoms with Gasteiger partial charge in [0.05, 0.1) is 12.0 Å². The van der Waals surface area contributed by atoms with E-state index in [0.717, 1.165) is 0 Å². The number of rotatable bonds is 4. The molecular weight excluding hydrogens is 246 g/mol. The number of phenolic OH excluding ortho intramolecular Hbond substituents is 1. The van der Waals surface area contributed by atoms with Crippen LogP contribution >= 0.6 is 11.6 Å². The van der Waals surface area contributed by atoms with Crippen molar-refractivity contribution >= 4 is 23.5 Å². The standard InChI is InChI=1S/C11H12ClNO4/c1-13(5-4-10(15)16)11(17)8-6-7(12)2-3-9(8)14/h2-3,6,14H,4-5H2,1H3,(H,15,16). The highest BCUT2D eigenvalue weighted by Gasteiger charge is 2.16. The molecule has 0 heterocycles. The monoisotopic (exact) mass is 257 g/mol. The molecule has 1 aromatic carbocycles. The largest absolute Gasteiger partial charge is 0.507 e. The molecule has 0 spiro atoms. The lowest BCUT2D eigenvalue weighted by Gasteiger charge is -2.16. The average Bonchev–Trinajstić information content (AvgIpc) is 2.28. The summed E-state index contributed by atoms with van der Waals surface area (Å²) in [5, 5.41) is 18.3. The number of carbonyl (C=O) groups excluding carboxylic acids is 1. The highest BCUT2D eigenvalue weighted by atomic mass is 35.5. The maximum absolute atomic E-state index is 11.8. The average molecular weight is 258 g/mol. The second-order valence-electron chi connectivity index (χ2n) is 3.53. The summed E-state index contributed by atoms with van der Waals surface area (Å²) < 4.78 is 0. The van der Waals surface area contributed by atoms with Gasteiger partial charge in [-0.05, 0) is 18.2 Å². The Kier molecular flexibility index (Phi) is 4.34. The van der Waals surface area contributed by atoms with Crippen LogP contribution in [-0.2, 0) is 4.79 Å². The molecule has 1 aromatic rings. The number of carbonyl (C=O) groups is 2. The third kappa shape index (κ3) is 3.64. The summed E-state index contributed by atoms with van der Waals surface area (Å²) in [4.78, 5) is 23.4. The fraction of sp³-hybridized carbons (Fsp3) is 0.273. The number of carboxylic acid groups (broad SMARTS) is 1. The summed E-state index contributed by atoms with van der Waals surface area (Å²) in [6.45, 7) is 0.0696. The van der Waals surface area contributed by atoms with Gasteiger partial charge in [0.1, 0.15) is 5.75 Å². The number of benzene rings is 1. The molecule has 0 bridgehead atoms. The molecule has 0 fully saturated rings. The van der Waals surface area contributed by atoms with Crippen LogP contribution in [-0.4, -0.2) is 40.6 Å². The molecule has 2 N–H and O–H groups in total. The van der Waals surface area contributed by atoms with Crippen molar-refractivity contribution in [2.24, 2.45) is 0 Å². The summed E-state index contributed by atoms with van der Waals surface area (Å²) in [5.41, 5.74) is 0.0605. The smallest absolute Gasteiger partial charge is 0.305 e. The summed E-state index contributed by atoms with van der Waals surface area (Å²) in [6.07, 6.45) is -0.149. The van der Waals surface area contributed by atoms with Gasteiger partial charge >= 0.3 is 5.97 Å². The molecule has 17 heavy (non-hydrogen) atoms. The molecule has 0 aromatic heterocycles. The maximum atomic E-state index is 11.8. The molecule has 0 aliphatic rings. The van der Waals surface area contributed by atoms with Crippen molar-refractivity contribution in [3.05, 3.63) is 28.8 Å². The summed E-state index contributed by atoms with van der Waals surface area (Å²) >= 11 is 5.72. The predicted molar refractivity (Wildman–Crippen MR) is 62.3 cm³/mol. The number of hydrogen-bond donors (Lipinski definition) is 2. The predicted octanol–water partition coefficient (Wildman–Crippen LogP) is 1.59. The SMILES string of the molecule is CN(CCC(=O)O)C(=O)c1cc(Cl)ccc1O. The Morgan fingerprint density at radius 2 is 2.06 bits per heavy atom. The topological polar surface area (TPSA) is 77.8 Å². The van der Waals surface area contributed by atoms with Gasteiger partial charge in [-0.25, -0.2) is 0 Å². The number of aliphatic carboxylic acids is 1. The minimum absolute atomic E-state index is 0.0605. The van der Waals surface area contributed by atoms with Crippen molar-refractivity contribution in [1.29, 1.82) is 0 Å². The molecule has 0 atom stereocenters. The van der Waals surface area contributed by atoms with E-state index in [1.165, 1.54) is 30.1 Å². The number of phenols is 1. The van der Waals surface area contributed by atoms with Gasteiger partial charge < -0.3 is 15.1 Å². The Morgan fingerprint density at radius 3 is 2.65 bits per heavy atom. The van der Waals surface area contributed by atoms with Crippen LogP contribution in [0.2, 0.25) is 5.02 Å². The summed E-state index contributed by atoms with van der Waals surface area (Å²) in [5.74, 6) is -1.63. The zero-order valence-corrected chi connectivity index (χ0v) is 9.94. The van der Waals surface area contributed by atoms with Gasteiger partial charge in [-0.3, -0.25) is 9.59 Å². The van der Waals surface area contributed by atoms with Crippen molar-refractivity contribution in [2.45, 2.75) is 6.42 Å². The van der Waals surface area contributed by atoms with Gasteiger partial charge in [0.25, 0.3) is 5.91 Å². The molecule has 92 valence electrons. The highest BCUT2D eigenvalue weighted by molar-refractivity contribution is 6.31. The minimum atomic E-state index is -0.986. The zero-order chi connectivity index (χ0) is 13.0. The van der Waals surface area contributed by atoms with E-state index in [-0.39, 0.29) is 24.3 Å². The fourth-order valence-electron chi connectivity index (χ4n) is 1.25. The molecule has 0 radical (unpaired) electrons. The number of aromatic hydroxyl groups is 1. The first-order valence-electron chi connectivity index (χ1n) is 4.87. The second-order valence-corrected chi connectivity index (χ2v) is 3.97. The van der Waals surface area contributed by atoms with E-state index < -0.39 is 11.9 Å². The van der Waals surface area contributed by atoms with Gasteiger partial charge in [-0.2, -0.15) is 0 Å². The van der Waals surface area contributed by atoms with E-state index in [0.29, 0.717) is 5.02 Å². The molecule has 0 aliphatic carbocycles. The van der Waals surface area contributed by atoms with Crippen LogP contribution in [0.25, 0.3) is 0 Å². The van der Waals surface area contributed by atoms with Crippen molar-refractivity contribution in [2.75, 3.05) is 13.6 Å². The third-order valence-corrected chi connectivity index (χ3v) is 2.43. The first kappa shape index (κ1) is 13.3. The van der Waals surface area contributed by atoms with Crippen molar-refractivity contribution in [1.82, 2.24) is 4.90 Å². The van der Waals surface area contributed by atoms with Crippen LogP contribution in [0.1, 0.15) is 16.8 Å². The lowest BCUT2D eigenvalue weighted by molar-refractivity contribution is -0.137. The Hall–Kier alpha value is -1.75. The Labute approximate surface area is 103 Å². The van der Waals surface area contributed by atoms with Crippen LogP contribution in [0.4, 0.5) is 0 Å². The van der Waals surface area contributed by atoms with Crippen LogP contribution in [0.15, 0.2) is 18.2 Å². The maximum Gasteiger partial charge on any atom is 0.305 e. The van der Waals surface area contributed by atoms with Crippen LogP contribution < -0.4 is 0 Å². The second kappa shape index (κ2) is 5.54. The molecule has 0 aliphatic heterocycles. The molecule has 0 unspecified atom stereocenters.